The van der Waals surface area contributed by atoms with Gasteiger partial charge < -0.3 is 35.2 Å². The highest BCUT2D eigenvalue weighted by Gasteiger charge is 2.44. The molecule has 2 saturated heterocycles. The van der Waals surface area contributed by atoms with Crippen LogP contribution in [0.5, 0.6) is 0 Å². The number of likely N-dealkylation sites (N-methyl/N-ethyl adjacent to an activating group) is 1. The van der Waals surface area contributed by atoms with Crippen molar-refractivity contribution in [3.05, 3.63) is 70.3 Å². The predicted molar refractivity (Wildman–Crippen MR) is 198 cm³/mol. The minimum absolute atomic E-state index is 0.0517. The predicted octanol–water partition coefficient (Wildman–Crippen LogP) is 1.88. The van der Waals surface area contributed by atoms with E-state index in [9.17, 15) is 29.7 Å². The van der Waals surface area contributed by atoms with Crippen LogP contribution in [-0.4, -0.2) is 130 Å². The van der Waals surface area contributed by atoms with E-state index in [1.54, 1.807) is 32.1 Å². The molecule has 2 aliphatic heterocycles. The van der Waals surface area contributed by atoms with Gasteiger partial charge in [-0.3, -0.25) is 19.3 Å². The van der Waals surface area contributed by atoms with Gasteiger partial charge in [-0.25, -0.2) is 0 Å². The molecule has 4 N–H and O–H groups in total. The molecule has 2 fully saturated rings. The van der Waals surface area contributed by atoms with E-state index in [2.05, 4.69) is 40.7 Å². The van der Waals surface area contributed by atoms with Gasteiger partial charge >= 0.3 is 0 Å². The molecule has 4 rings (SSSR count). The fraction of sp³-hybridized carbons (Fsp3) is 0.538. The van der Waals surface area contributed by atoms with Gasteiger partial charge in [0.15, 0.2) is 0 Å². The zero-order chi connectivity index (χ0) is 37.3. The molecule has 2 aliphatic rings. The van der Waals surface area contributed by atoms with E-state index in [1.807, 2.05) is 30.0 Å². The summed E-state index contributed by atoms with van der Waals surface area (Å²) in [6.45, 7) is 8.11. The number of carbonyl (C=O) groups is 3. The Hall–Kier alpha value is -3.79. The van der Waals surface area contributed by atoms with Crippen molar-refractivity contribution >= 4 is 28.9 Å². The lowest BCUT2D eigenvalue weighted by Gasteiger charge is -2.39. The van der Waals surface area contributed by atoms with Crippen LogP contribution < -0.4 is 5.32 Å². The van der Waals surface area contributed by atoms with Gasteiger partial charge in [0.25, 0.3) is 0 Å². The molecule has 0 aromatic heterocycles. The smallest absolute Gasteiger partial charge is 0.247 e. The van der Waals surface area contributed by atoms with Gasteiger partial charge in [0, 0.05) is 45.9 Å². The van der Waals surface area contributed by atoms with E-state index < -0.39 is 36.1 Å². The number of rotatable bonds is 12. The Kier molecular flexibility index (Phi) is 14.2. The summed E-state index contributed by atoms with van der Waals surface area (Å²) in [7, 11) is 1.68. The normalized spacial score (nSPS) is 22.4. The summed E-state index contributed by atoms with van der Waals surface area (Å²) >= 11 is 1.26. The quantitative estimate of drug-likeness (QED) is 0.244. The first-order chi connectivity index (χ1) is 24.2. The third-order valence-electron chi connectivity index (χ3n) is 9.60. The van der Waals surface area contributed by atoms with Gasteiger partial charge in [0.1, 0.15) is 36.1 Å². The first-order valence-electron chi connectivity index (χ1n) is 17.4. The maximum absolute atomic E-state index is 13.3. The Labute approximate surface area is 305 Å². The van der Waals surface area contributed by atoms with Crippen LogP contribution in [0.2, 0.25) is 0 Å². The van der Waals surface area contributed by atoms with Crippen LogP contribution in [0.25, 0.3) is 0 Å². The number of terminal acetylenes is 1. The molecule has 276 valence electrons. The van der Waals surface area contributed by atoms with E-state index in [1.165, 1.54) is 16.1 Å². The van der Waals surface area contributed by atoms with Gasteiger partial charge in [-0.05, 0) is 67.9 Å². The van der Waals surface area contributed by atoms with E-state index in [4.69, 9.17) is 11.2 Å². The van der Waals surface area contributed by atoms with Crippen molar-refractivity contribution in [2.24, 2.45) is 0 Å². The van der Waals surface area contributed by atoms with E-state index in [0.29, 0.717) is 51.9 Å². The molecule has 0 spiro atoms. The molecule has 1 unspecified atom stereocenters. The number of amides is 3. The molecule has 0 aliphatic carbocycles. The third-order valence-corrected chi connectivity index (χ3v) is 10.1. The van der Waals surface area contributed by atoms with Crippen LogP contribution in [0.1, 0.15) is 60.6 Å². The van der Waals surface area contributed by atoms with Gasteiger partial charge in [-0.15, -0.1) is 17.6 Å². The maximum Gasteiger partial charge on any atom is 0.247 e. The van der Waals surface area contributed by atoms with Crippen molar-refractivity contribution in [2.75, 3.05) is 52.6 Å². The van der Waals surface area contributed by atoms with Crippen molar-refractivity contribution in [3.63, 3.8) is 0 Å². The minimum atomic E-state index is -1.35. The highest BCUT2D eigenvalue weighted by atomic mass is 32.1. The Bertz CT molecular complexity index is 1640. The number of hydrogen-bond acceptors (Lipinski definition) is 8. The standard InChI is InChI=1S/C39H52N4O7S/c1-7-17-41(5)33(45)24-42-18-20-43(21-19-42)38(49)39(3,4)40-32(44)10-8-9-27-12-14-28(15-13-27)22-30-23-29(16-11-26(30)2)37-36(48)35(47)34(46)31(50-37)25-51-6/h1,11-16,23,31,34-37,46-48H,8-10,17-22,24H2,2-6H3,(H,40,44)/t31?,34-,35+,36-,37+/m1/s1. The molecule has 11 nitrogen and oxygen atoms in total. The van der Waals surface area contributed by atoms with Crippen molar-refractivity contribution in [2.45, 2.75) is 82.5 Å². The molecule has 12 heteroatoms. The minimum Gasteiger partial charge on any atom is -0.387 e. The fourth-order valence-corrected chi connectivity index (χ4v) is 6.86. The average molecular weight is 721 g/mol. The fourth-order valence-electron chi connectivity index (χ4n) is 6.43. The Morgan fingerprint density at radius 2 is 1.69 bits per heavy atom. The van der Waals surface area contributed by atoms with Crippen LogP contribution >= 0.6 is 11.2 Å². The lowest BCUT2D eigenvalue weighted by Crippen LogP contribution is -2.60. The number of piperazine rings is 1. The molecule has 2 aromatic rings. The van der Waals surface area contributed by atoms with Crippen LogP contribution in [0, 0.1) is 24.5 Å². The van der Waals surface area contributed by atoms with Gasteiger partial charge in [-0.2, -0.15) is 0 Å². The molecule has 0 radical (unpaired) electrons. The lowest BCUT2D eigenvalue weighted by atomic mass is 9.89. The van der Waals surface area contributed by atoms with Gasteiger partial charge in [0.2, 0.25) is 17.7 Å². The molecule has 0 saturated carbocycles. The Morgan fingerprint density at radius 3 is 2.33 bits per heavy atom. The molecule has 0 bridgehead atoms. The van der Waals surface area contributed by atoms with Gasteiger partial charge in [0.05, 0.1) is 13.1 Å². The number of aliphatic hydroxyl groups excluding tert-OH is 3. The number of nitrogens with one attached hydrogen (secondary N) is 1. The third kappa shape index (κ3) is 10.6. The molecule has 2 aromatic carbocycles. The zero-order valence-corrected chi connectivity index (χ0v) is 31.1. The number of ether oxygens (including phenoxy) is 1. The maximum atomic E-state index is 13.3. The zero-order valence-electron chi connectivity index (χ0n) is 30.3. The second-order valence-corrected chi connectivity index (χ2v) is 14.6. The topological polar surface area (TPSA) is 143 Å². The SMILES string of the molecule is C#CCN(C)C(=O)CN1CCN(C(=O)C(C)(C)NC(=O)CCCc2ccc(Cc3cc([C@@H]4OC(C#SC)[C@@H](O)[C@H](O)[C@H]4O)ccc3C)cc2)CC1. The van der Waals surface area contributed by atoms with Crippen LogP contribution in [0.4, 0.5) is 0 Å². The number of nitrogens with zero attached hydrogens (tertiary/aromatic N) is 3. The van der Waals surface area contributed by atoms with Crippen molar-refractivity contribution < 1.29 is 34.4 Å². The average Bonchev–Trinajstić information content (AvgIpc) is 3.10. The Balaban J connectivity index is 1.24. The first kappa shape index (κ1) is 40.0. The molecule has 3 amide bonds. The monoisotopic (exact) mass is 720 g/mol. The van der Waals surface area contributed by atoms with Crippen molar-refractivity contribution in [1.82, 2.24) is 20.0 Å². The molecular weight excluding hydrogens is 669 g/mol. The molecule has 2 heterocycles. The first-order valence-corrected chi connectivity index (χ1v) is 18.6. The summed E-state index contributed by atoms with van der Waals surface area (Å²) in [6.07, 6.45) is 3.87. The second kappa shape index (κ2) is 18.1. The number of carbonyl (C=O) groups excluding carboxylic acids is 3. The Morgan fingerprint density at radius 1 is 1.02 bits per heavy atom. The van der Waals surface area contributed by atoms with Crippen LogP contribution in [0.3, 0.4) is 0 Å². The van der Waals surface area contributed by atoms with E-state index in [-0.39, 0.29) is 30.8 Å². The van der Waals surface area contributed by atoms with Crippen LogP contribution in [0.15, 0.2) is 42.5 Å². The highest BCUT2D eigenvalue weighted by Crippen LogP contribution is 2.34. The molecule has 51 heavy (non-hydrogen) atoms. The highest BCUT2D eigenvalue weighted by molar-refractivity contribution is 7.87. The summed E-state index contributed by atoms with van der Waals surface area (Å²) in [4.78, 5) is 43.7. The largest absolute Gasteiger partial charge is 0.387 e. The van der Waals surface area contributed by atoms with Crippen molar-refractivity contribution in [3.8, 4) is 17.5 Å². The van der Waals surface area contributed by atoms with Crippen LogP contribution in [-0.2, 0) is 32.0 Å². The summed E-state index contributed by atoms with van der Waals surface area (Å²) in [6, 6.07) is 14.1. The number of aliphatic hydroxyl groups is 3. The number of benzene rings is 2. The van der Waals surface area contributed by atoms with E-state index >= 15 is 0 Å². The lowest BCUT2D eigenvalue weighted by molar-refractivity contribution is -0.209. The summed E-state index contributed by atoms with van der Waals surface area (Å²) in [5.41, 5.74) is 4.02. The summed E-state index contributed by atoms with van der Waals surface area (Å²) in [5.74, 6) is 2.10. The summed E-state index contributed by atoms with van der Waals surface area (Å²) < 4.78 is 5.96. The molecule has 5 atom stereocenters. The van der Waals surface area contributed by atoms with Crippen molar-refractivity contribution in [1.29, 1.82) is 0 Å². The molecular formula is C39H52N4O7S. The second-order valence-electron chi connectivity index (χ2n) is 14.0. The number of hydrogen-bond donors (Lipinski definition) is 4. The van der Waals surface area contributed by atoms with Gasteiger partial charge in [-0.1, -0.05) is 53.6 Å². The number of aryl methyl sites for hydroxylation is 2. The van der Waals surface area contributed by atoms with E-state index in [0.717, 1.165) is 27.8 Å². The summed E-state index contributed by atoms with van der Waals surface area (Å²) in [5, 5.41) is 37.3.